The molecule has 80 valence electrons. The first-order valence-electron chi connectivity index (χ1n) is 4.91. The van der Waals surface area contributed by atoms with Crippen LogP contribution in [0.1, 0.15) is 6.42 Å². The molecule has 1 atom stereocenters. The minimum atomic E-state index is -0.677. The Morgan fingerprint density at radius 3 is 2.80 bits per heavy atom. The molecule has 0 aliphatic carbocycles. The van der Waals surface area contributed by atoms with Crippen molar-refractivity contribution in [1.82, 2.24) is 0 Å². The van der Waals surface area contributed by atoms with Crippen LogP contribution < -0.4 is 4.90 Å². The quantitative estimate of drug-likeness (QED) is 0.850. The van der Waals surface area contributed by atoms with Crippen LogP contribution in [0, 0.1) is 9.49 Å². The molecule has 1 N–H and O–H groups in total. The van der Waals surface area contributed by atoms with Crippen LogP contribution in [0.2, 0.25) is 0 Å². The van der Waals surface area contributed by atoms with E-state index in [2.05, 4.69) is 27.5 Å². The first-order valence-corrected chi connectivity index (χ1v) is 5.98. The Morgan fingerprint density at radius 1 is 1.47 bits per heavy atom. The zero-order chi connectivity index (χ0) is 10.8. The number of rotatable bonds is 2. The number of nitrogens with zero attached hydrogens (tertiary/aromatic N) is 1. The van der Waals surface area contributed by atoms with E-state index in [1.165, 1.54) is 3.57 Å². The molecule has 1 aromatic carbocycles. The van der Waals surface area contributed by atoms with Crippen LogP contribution in [0.3, 0.4) is 0 Å². The summed E-state index contributed by atoms with van der Waals surface area (Å²) in [5.74, 6) is -0.885. The average Bonchev–Trinajstić information content (AvgIpc) is 2.67. The van der Waals surface area contributed by atoms with Crippen LogP contribution in [0.4, 0.5) is 5.69 Å². The molecule has 1 heterocycles. The summed E-state index contributed by atoms with van der Waals surface area (Å²) in [6.45, 7) is 1.48. The molecule has 15 heavy (non-hydrogen) atoms. The van der Waals surface area contributed by atoms with Gasteiger partial charge in [-0.15, -0.1) is 0 Å². The second kappa shape index (κ2) is 4.38. The number of para-hydroxylation sites is 1. The van der Waals surface area contributed by atoms with E-state index in [1.54, 1.807) is 0 Å². The van der Waals surface area contributed by atoms with Crippen molar-refractivity contribution >= 4 is 34.2 Å². The first kappa shape index (κ1) is 10.7. The van der Waals surface area contributed by atoms with Crippen LogP contribution in [0.25, 0.3) is 0 Å². The fourth-order valence-corrected chi connectivity index (χ4v) is 2.62. The number of hydrogen-bond acceptors (Lipinski definition) is 2. The summed E-state index contributed by atoms with van der Waals surface area (Å²) in [5, 5.41) is 8.92. The first-order chi connectivity index (χ1) is 7.18. The zero-order valence-corrected chi connectivity index (χ0v) is 10.3. The molecule has 1 fully saturated rings. The summed E-state index contributed by atoms with van der Waals surface area (Å²) in [5.41, 5.74) is 1.15. The van der Waals surface area contributed by atoms with Gasteiger partial charge in [0.05, 0.1) is 11.6 Å². The van der Waals surface area contributed by atoms with Gasteiger partial charge in [-0.3, -0.25) is 4.79 Å². The van der Waals surface area contributed by atoms with Gasteiger partial charge in [-0.25, -0.2) is 0 Å². The summed E-state index contributed by atoms with van der Waals surface area (Å²) in [6, 6.07) is 8.08. The Bertz CT molecular complexity index is 381. The van der Waals surface area contributed by atoms with Gasteiger partial charge in [0.2, 0.25) is 0 Å². The van der Waals surface area contributed by atoms with Gasteiger partial charge in [0.15, 0.2) is 0 Å². The molecule has 1 saturated heterocycles. The fraction of sp³-hybridized carbons (Fsp3) is 0.364. The molecule has 3 nitrogen and oxygen atoms in total. The predicted molar refractivity (Wildman–Crippen MR) is 67.1 cm³/mol. The van der Waals surface area contributed by atoms with Crippen molar-refractivity contribution < 1.29 is 9.90 Å². The summed E-state index contributed by atoms with van der Waals surface area (Å²) < 4.78 is 1.18. The third kappa shape index (κ3) is 2.25. The molecule has 0 saturated carbocycles. The van der Waals surface area contributed by atoms with Gasteiger partial charge >= 0.3 is 5.97 Å². The van der Waals surface area contributed by atoms with Crippen LogP contribution in [-0.2, 0) is 4.79 Å². The number of carbonyl (C=O) groups is 1. The molecular weight excluding hydrogens is 305 g/mol. The Morgan fingerprint density at radius 2 is 2.20 bits per heavy atom. The third-order valence-corrected chi connectivity index (χ3v) is 3.64. The molecule has 1 aromatic rings. The van der Waals surface area contributed by atoms with E-state index in [0.29, 0.717) is 6.54 Å². The fourth-order valence-electron chi connectivity index (χ4n) is 1.89. The molecule has 0 radical (unpaired) electrons. The molecule has 2 rings (SSSR count). The molecule has 0 amide bonds. The number of benzene rings is 1. The highest BCUT2D eigenvalue weighted by Crippen LogP contribution is 2.27. The van der Waals surface area contributed by atoms with Crippen LogP contribution in [0.15, 0.2) is 24.3 Å². The maximum Gasteiger partial charge on any atom is 0.308 e. The normalized spacial score (nSPS) is 20.6. The van der Waals surface area contributed by atoms with Crippen molar-refractivity contribution in [1.29, 1.82) is 0 Å². The maximum atomic E-state index is 10.8. The van der Waals surface area contributed by atoms with Crippen molar-refractivity contribution in [2.24, 2.45) is 5.92 Å². The Kier molecular flexibility index (Phi) is 3.14. The largest absolute Gasteiger partial charge is 0.481 e. The predicted octanol–water partition coefficient (Wildman–Crippen LogP) is 2.20. The number of hydrogen-bond donors (Lipinski definition) is 1. The smallest absolute Gasteiger partial charge is 0.308 e. The van der Waals surface area contributed by atoms with Gasteiger partial charge in [-0.2, -0.15) is 0 Å². The van der Waals surface area contributed by atoms with E-state index >= 15 is 0 Å². The van der Waals surface area contributed by atoms with E-state index in [9.17, 15) is 4.79 Å². The molecule has 0 aromatic heterocycles. The lowest BCUT2D eigenvalue weighted by Gasteiger charge is -2.19. The Labute approximate surface area is 102 Å². The highest BCUT2D eigenvalue weighted by atomic mass is 127. The number of anilines is 1. The van der Waals surface area contributed by atoms with Gasteiger partial charge < -0.3 is 10.0 Å². The van der Waals surface area contributed by atoms with Crippen LogP contribution in [-0.4, -0.2) is 24.2 Å². The van der Waals surface area contributed by atoms with E-state index < -0.39 is 5.97 Å². The van der Waals surface area contributed by atoms with E-state index in [1.807, 2.05) is 24.3 Å². The van der Waals surface area contributed by atoms with Gasteiger partial charge in [0, 0.05) is 16.7 Å². The highest BCUT2D eigenvalue weighted by molar-refractivity contribution is 14.1. The second-order valence-corrected chi connectivity index (χ2v) is 4.88. The molecular formula is C11H12INO2. The number of carboxylic acids is 1. The average molecular weight is 317 g/mol. The van der Waals surface area contributed by atoms with Gasteiger partial charge in [0.1, 0.15) is 0 Å². The highest BCUT2D eigenvalue weighted by Gasteiger charge is 2.28. The van der Waals surface area contributed by atoms with Crippen molar-refractivity contribution in [2.75, 3.05) is 18.0 Å². The maximum absolute atomic E-state index is 10.8. The minimum absolute atomic E-state index is 0.207. The monoisotopic (exact) mass is 317 g/mol. The summed E-state index contributed by atoms with van der Waals surface area (Å²) >= 11 is 2.29. The lowest BCUT2D eigenvalue weighted by molar-refractivity contribution is -0.140. The Hall–Kier alpha value is -0.780. The topological polar surface area (TPSA) is 40.5 Å². The molecule has 1 unspecified atom stereocenters. The molecule has 1 aliphatic heterocycles. The molecule has 0 bridgehead atoms. The van der Waals surface area contributed by atoms with E-state index in [-0.39, 0.29) is 5.92 Å². The van der Waals surface area contributed by atoms with Crippen molar-refractivity contribution in [3.8, 4) is 0 Å². The second-order valence-electron chi connectivity index (χ2n) is 3.72. The van der Waals surface area contributed by atoms with Crippen molar-refractivity contribution in [3.63, 3.8) is 0 Å². The summed E-state index contributed by atoms with van der Waals surface area (Å²) in [4.78, 5) is 13.0. The van der Waals surface area contributed by atoms with E-state index in [4.69, 9.17) is 5.11 Å². The SMILES string of the molecule is O=C(O)C1CCN(c2ccccc2I)C1. The molecule has 1 aliphatic rings. The van der Waals surface area contributed by atoms with Gasteiger partial charge in [-0.05, 0) is 41.1 Å². The standard InChI is InChI=1S/C11H12INO2/c12-9-3-1-2-4-10(9)13-6-5-8(7-13)11(14)15/h1-4,8H,5-7H2,(H,14,15). The summed E-state index contributed by atoms with van der Waals surface area (Å²) in [7, 11) is 0. The van der Waals surface area contributed by atoms with E-state index in [0.717, 1.165) is 18.7 Å². The van der Waals surface area contributed by atoms with Crippen molar-refractivity contribution in [2.45, 2.75) is 6.42 Å². The van der Waals surface area contributed by atoms with Crippen LogP contribution in [0.5, 0.6) is 0 Å². The lowest BCUT2D eigenvalue weighted by Crippen LogP contribution is -2.23. The Balaban J connectivity index is 2.14. The zero-order valence-electron chi connectivity index (χ0n) is 8.19. The van der Waals surface area contributed by atoms with Gasteiger partial charge in [0.25, 0.3) is 0 Å². The molecule has 0 spiro atoms. The third-order valence-electron chi connectivity index (χ3n) is 2.73. The van der Waals surface area contributed by atoms with Crippen molar-refractivity contribution in [3.05, 3.63) is 27.8 Å². The number of carboxylic acid groups (broad SMARTS) is 1. The molecule has 4 heteroatoms. The number of aliphatic carboxylic acids is 1. The summed E-state index contributed by atoms with van der Waals surface area (Å²) in [6.07, 6.45) is 0.750. The lowest BCUT2D eigenvalue weighted by atomic mass is 10.1. The number of halogens is 1. The minimum Gasteiger partial charge on any atom is -0.481 e. The van der Waals surface area contributed by atoms with Crippen LogP contribution >= 0.6 is 22.6 Å². The van der Waals surface area contributed by atoms with Gasteiger partial charge in [-0.1, -0.05) is 12.1 Å².